The van der Waals surface area contributed by atoms with Crippen LogP contribution in [0.4, 0.5) is 0 Å². The normalized spacial score (nSPS) is 28.1. The zero-order valence-electron chi connectivity index (χ0n) is 12.5. The molecular formula is C16H21NO4. The van der Waals surface area contributed by atoms with Crippen molar-refractivity contribution < 1.29 is 19.4 Å². The van der Waals surface area contributed by atoms with E-state index in [-0.39, 0.29) is 11.7 Å². The average Bonchev–Trinajstić information content (AvgIpc) is 2.94. The summed E-state index contributed by atoms with van der Waals surface area (Å²) in [7, 11) is 3.24. The highest BCUT2D eigenvalue weighted by Gasteiger charge is 2.42. The van der Waals surface area contributed by atoms with E-state index < -0.39 is 0 Å². The molecule has 5 nitrogen and oxygen atoms in total. The van der Waals surface area contributed by atoms with Gasteiger partial charge in [0.1, 0.15) is 5.60 Å². The first kappa shape index (κ1) is 14.2. The number of hydrogen-bond donors (Lipinski definition) is 1. The molecule has 5 heteroatoms. The number of aliphatic hydroxyl groups is 1. The molecule has 3 rings (SSSR count). The molecule has 1 aromatic carbocycles. The second-order valence-electron chi connectivity index (χ2n) is 5.79. The predicted octanol–water partition coefficient (Wildman–Crippen LogP) is 2.50. The number of hydrogen-bond acceptors (Lipinski definition) is 5. The van der Waals surface area contributed by atoms with Crippen molar-refractivity contribution >= 4 is 5.71 Å². The van der Waals surface area contributed by atoms with E-state index in [9.17, 15) is 5.11 Å². The molecule has 2 aliphatic rings. The molecular weight excluding hydrogens is 270 g/mol. The van der Waals surface area contributed by atoms with E-state index in [1.807, 2.05) is 18.2 Å². The molecule has 1 saturated carbocycles. The summed E-state index contributed by atoms with van der Waals surface area (Å²) in [6.07, 6.45) is 3.88. The Balaban J connectivity index is 1.77. The summed E-state index contributed by atoms with van der Waals surface area (Å²) in [5.41, 5.74) is 1.71. The van der Waals surface area contributed by atoms with E-state index in [4.69, 9.17) is 14.3 Å². The quantitative estimate of drug-likeness (QED) is 0.929. The first-order chi connectivity index (χ1) is 10.2. The Labute approximate surface area is 124 Å². The monoisotopic (exact) mass is 291 g/mol. The minimum atomic E-state index is -0.221. The molecule has 0 amide bonds. The van der Waals surface area contributed by atoms with E-state index >= 15 is 0 Å². The summed E-state index contributed by atoms with van der Waals surface area (Å²) < 4.78 is 10.6. The van der Waals surface area contributed by atoms with Crippen molar-refractivity contribution in [3.05, 3.63) is 23.8 Å². The van der Waals surface area contributed by atoms with Crippen LogP contribution < -0.4 is 9.47 Å². The van der Waals surface area contributed by atoms with Crippen LogP contribution in [0.25, 0.3) is 0 Å². The van der Waals surface area contributed by atoms with E-state index in [1.165, 1.54) is 0 Å². The fourth-order valence-corrected chi connectivity index (χ4v) is 3.09. The number of methoxy groups -OCH3 is 2. The summed E-state index contributed by atoms with van der Waals surface area (Å²) in [6.45, 7) is 0. The van der Waals surface area contributed by atoms with Crippen molar-refractivity contribution in [2.75, 3.05) is 14.2 Å². The number of rotatable bonds is 3. The average molecular weight is 291 g/mol. The standard InChI is InChI=1S/C16H21NO4/c1-19-14-4-3-11(9-15(14)20-2)13-10-16(21-17-13)7-5-12(18)6-8-16/h3-4,9,12,18H,5-8,10H2,1-2H3. The van der Waals surface area contributed by atoms with Crippen LogP contribution >= 0.6 is 0 Å². The lowest BCUT2D eigenvalue weighted by molar-refractivity contribution is -0.0676. The minimum Gasteiger partial charge on any atom is -0.493 e. The highest BCUT2D eigenvalue weighted by atomic mass is 16.7. The van der Waals surface area contributed by atoms with Crippen molar-refractivity contribution in [3.63, 3.8) is 0 Å². The van der Waals surface area contributed by atoms with Crippen molar-refractivity contribution in [3.8, 4) is 11.5 Å². The van der Waals surface area contributed by atoms with Crippen LogP contribution in [-0.2, 0) is 4.84 Å². The lowest BCUT2D eigenvalue weighted by atomic mass is 9.79. The van der Waals surface area contributed by atoms with Crippen molar-refractivity contribution in [2.24, 2.45) is 5.16 Å². The van der Waals surface area contributed by atoms with Gasteiger partial charge in [-0.15, -0.1) is 0 Å². The molecule has 0 unspecified atom stereocenters. The van der Waals surface area contributed by atoms with Crippen LogP contribution in [-0.4, -0.2) is 36.7 Å². The van der Waals surface area contributed by atoms with Gasteiger partial charge in [-0.1, -0.05) is 5.16 Å². The van der Waals surface area contributed by atoms with Gasteiger partial charge in [-0.25, -0.2) is 0 Å². The topological polar surface area (TPSA) is 60.3 Å². The summed E-state index contributed by atoms with van der Waals surface area (Å²) in [5.74, 6) is 1.40. The Bertz CT molecular complexity index is 547. The van der Waals surface area contributed by atoms with Crippen LogP contribution in [0.15, 0.2) is 23.4 Å². The molecule has 1 N–H and O–H groups in total. The van der Waals surface area contributed by atoms with Crippen LogP contribution in [0.1, 0.15) is 37.7 Å². The van der Waals surface area contributed by atoms with Gasteiger partial charge in [0.15, 0.2) is 11.5 Å². The third kappa shape index (κ3) is 2.70. The van der Waals surface area contributed by atoms with Crippen LogP contribution in [0.5, 0.6) is 11.5 Å². The molecule has 0 radical (unpaired) electrons. The first-order valence-corrected chi connectivity index (χ1v) is 7.31. The lowest BCUT2D eigenvalue weighted by Gasteiger charge is -2.32. The van der Waals surface area contributed by atoms with E-state index in [1.54, 1.807) is 14.2 Å². The van der Waals surface area contributed by atoms with Gasteiger partial charge >= 0.3 is 0 Å². The number of aliphatic hydroxyl groups excluding tert-OH is 1. The Hall–Kier alpha value is -1.75. The summed E-state index contributed by atoms with van der Waals surface area (Å²) in [6, 6.07) is 5.78. The Morgan fingerprint density at radius 3 is 2.57 bits per heavy atom. The number of nitrogens with zero attached hydrogens (tertiary/aromatic N) is 1. The van der Waals surface area contributed by atoms with Gasteiger partial charge in [-0.05, 0) is 43.9 Å². The van der Waals surface area contributed by atoms with Gasteiger partial charge in [0.05, 0.1) is 26.0 Å². The van der Waals surface area contributed by atoms with Gasteiger partial charge in [0.2, 0.25) is 0 Å². The Morgan fingerprint density at radius 1 is 1.19 bits per heavy atom. The second-order valence-corrected chi connectivity index (χ2v) is 5.79. The van der Waals surface area contributed by atoms with E-state index in [0.29, 0.717) is 11.5 Å². The van der Waals surface area contributed by atoms with Crippen LogP contribution in [0.3, 0.4) is 0 Å². The molecule has 1 heterocycles. The Morgan fingerprint density at radius 2 is 1.90 bits per heavy atom. The van der Waals surface area contributed by atoms with E-state index in [0.717, 1.165) is 43.4 Å². The molecule has 1 spiro atoms. The largest absolute Gasteiger partial charge is 0.493 e. The zero-order valence-corrected chi connectivity index (χ0v) is 12.5. The number of oxime groups is 1. The minimum absolute atomic E-state index is 0.190. The maximum atomic E-state index is 9.64. The highest BCUT2D eigenvalue weighted by Crippen LogP contribution is 2.40. The molecule has 1 aliphatic carbocycles. The fourth-order valence-electron chi connectivity index (χ4n) is 3.09. The van der Waals surface area contributed by atoms with Crippen molar-refractivity contribution in [1.82, 2.24) is 0 Å². The number of benzene rings is 1. The highest BCUT2D eigenvalue weighted by molar-refractivity contribution is 6.02. The summed E-state index contributed by atoms with van der Waals surface area (Å²) in [5, 5.41) is 13.9. The SMILES string of the molecule is COc1ccc(C2=NOC3(CCC(O)CC3)C2)cc1OC. The third-order valence-electron chi connectivity index (χ3n) is 4.42. The molecule has 0 saturated heterocycles. The van der Waals surface area contributed by atoms with Gasteiger partial charge in [0, 0.05) is 12.0 Å². The molecule has 0 bridgehead atoms. The zero-order chi connectivity index (χ0) is 14.9. The van der Waals surface area contributed by atoms with Crippen molar-refractivity contribution in [1.29, 1.82) is 0 Å². The summed E-state index contributed by atoms with van der Waals surface area (Å²) in [4.78, 5) is 5.73. The molecule has 1 fully saturated rings. The third-order valence-corrected chi connectivity index (χ3v) is 4.42. The maximum absolute atomic E-state index is 9.64. The lowest BCUT2D eigenvalue weighted by Crippen LogP contribution is -2.36. The van der Waals surface area contributed by atoms with Crippen LogP contribution in [0, 0.1) is 0 Å². The second kappa shape index (κ2) is 5.56. The van der Waals surface area contributed by atoms with Crippen molar-refractivity contribution in [2.45, 2.75) is 43.8 Å². The molecule has 1 aromatic rings. The number of ether oxygens (including phenoxy) is 2. The maximum Gasteiger partial charge on any atom is 0.161 e. The smallest absolute Gasteiger partial charge is 0.161 e. The van der Waals surface area contributed by atoms with Crippen LogP contribution in [0.2, 0.25) is 0 Å². The van der Waals surface area contributed by atoms with Gasteiger partial charge in [-0.3, -0.25) is 0 Å². The predicted molar refractivity (Wildman–Crippen MR) is 79.0 cm³/mol. The first-order valence-electron chi connectivity index (χ1n) is 7.31. The fraction of sp³-hybridized carbons (Fsp3) is 0.562. The van der Waals surface area contributed by atoms with E-state index in [2.05, 4.69) is 5.16 Å². The Kier molecular flexibility index (Phi) is 3.76. The molecule has 114 valence electrons. The molecule has 0 aromatic heterocycles. The van der Waals surface area contributed by atoms with Gasteiger partial charge in [0.25, 0.3) is 0 Å². The summed E-state index contributed by atoms with van der Waals surface area (Å²) >= 11 is 0. The van der Waals surface area contributed by atoms with Gasteiger partial charge < -0.3 is 19.4 Å². The molecule has 1 aliphatic heterocycles. The van der Waals surface area contributed by atoms with Gasteiger partial charge in [-0.2, -0.15) is 0 Å². The molecule has 21 heavy (non-hydrogen) atoms. The molecule has 0 atom stereocenters.